The zero-order chi connectivity index (χ0) is 16.8. The van der Waals surface area contributed by atoms with Crippen LogP contribution in [0.3, 0.4) is 0 Å². The fourth-order valence-corrected chi connectivity index (χ4v) is 1.64. The molecule has 0 saturated heterocycles. The highest BCUT2D eigenvalue weighted by Gasteiger charge is 2.09. The van der Waals surface area contributed by atoms with Crippen LogP contribution in [0.5, 0.6) is 12.0 Å². The van der Waals surface area contributed by atoms with Gasteiger partial charge in [0.05, 0.1) is 20.8 Å². The highest BCUT2D eigenvalue weighted by atomic mass is 19.1. The minimum Gasteiger partial charge on any atom is -0.467 e. The third kappa shape index (κ3) is 4.50. The third-order valence-electron chi connectivity index (χ3n) is 2.84. The lowest BCUT2D eigenvalue weighted by Gasteiger charge is -2.09. The molecule has 2 N–H and O–H groups in total. The van der Waals surface area contributed by atoms with Crippen molar-refractivity contribution in [1.29, 1.82) is 0 Å². The van der Waals surface area contributed by atoms with Gasteiger partial charge in [-0.1, -0.05) is 6.07 Å². The number of ether oxygens (including phenoxy) is 2. The second kappa shape index (κ2) is 7.34. The van der Waals surface area contributed by atoms with Crippen molar-refractivity contribution >= 4 is 11.7 Å². The molecular formula is C14H16FN5O3. The van der Waals surface area contributed by atoms with Gasteiger partial charge in [0.2, 0.25) is 0 Å². The number of benzene rings is 1. The summed E-state index contributed by atoms with van der Waals surface area (Å²) in [6.07, 6.45) is 0. The summed E-state index contributed by atoms with van der Waals surface area (Å²) in [5.41, 5.74) is 0.844. The number of aromatic nitrogens is 3. The van der Waals surface area contributed by atoms with Crippen molar-refractivity contribution in [2.24, 2.45) is 0 Å². The van der Waals surface area contributed by atoms with E-state index in [4.69, 9.17) is 9.47 Å². The maximum atomic E-state index is 13.4. The summed E-state index contributed by atoms with van der Waals surface area (Å²) >= 11 is 0. The fourth-order valence-electron chi connectivity index (χ4n) is 1.64. The van der Waals surface area contributed by atoms with E-state index in [1.54, 1.807) is 19.1 Å². The quantitative estimate of drug-likeness (QED) is 0.869. The minimum absolute atomic E-state index is 0.0232. The number of nitrogens with one attached hydrogen (secondary N) is 2. The SMILES string of the molecule is COc1nc(CNC(=O)Nc2ccc(C)c(F)c2)nc(OC)n1. The zero-order valence-electron chi connectivity index (χ0n) is 12.9. The van der Waals surface area contributed by atoms with Gasteiger partial charge in [-0.2, -0.15) is 9.97 Å². The molecule has 0 fully saturated rings. The van der Waals surface area contributed by atoms with Gasteiger partial charge < -0.3 is 20.1 Å². The molecule has 23 heavy (non-hydrogen) atoms. The summed E-state index contributed by atoms with van der Waals surface area (Å²) in [7, 11) is 2.81. The number of carbonyl (C=O) groups is 1. The van der Waals surface area contributed by atoms with Gasteiger partial charge in [0.25, 0.3) is 0 Å². The summed E-state index contributed by atoms with van der Waals surface area (Å²) < 4.78 is 23.2. The Labute approximate surface area is 132 Å². The van der Waals surface area contributed by atoms with Gasteiger partial charge in [-0.15, -0.1) is 4.98 Å². The van der Waals surface area contributed by atoms with Crippen LogP contribution in [0.1, 0.15) is 11.4 Å². The molecule has 0 unspecified atom stereocenters. The lowest BCUT2D eigenvalue weighted by Crippen LogP contribution is -2.29. The summed E-state index contributed by atoms with van der Waals surface area (Å²) in [6, 6.07) is 4.06. The number of methoxy groups -OCH3 is 2. The van der Waals surface area contributed by atoms with E-state index in [0.29, 0.717) is 11.3 Å². The van der Waals surface area contributed by atoms with Crippen LogP contribution >= 0.6 is 0 Å². The number of hydrogen-bond donors (Lipinski definition) is 2. The van der Waals surface area contributed by atoms with Crippen LogP contribution in [0.4, 0.5) is 14.9 Å². The molecular weight excluding hydrogens is 305 g/mol. The Hall–Kier alpha value is -2.97. The van der Waals surface area contributed by atoms with E-state index in [2.05, 4.69) is 25.6 Å². The van der Waals surface area contributed by atoms with Gasteiger partial charge in [-0.05, 0) is 24.6 Å². The van der Waals surface area contributed by atoms with Crippen molar-refractivity contribution in [2.75, 3.05) is 19.5 Å². The predicted octanol–water partition coefficient (Wildman–Crippen LogP) is 1.66. The van der Waals surface area contributed by atoms with E-state index in [1.807, 2.05) is 0 Å². The number of aryl methyl sites for hydroxylation is 1. The highest BCUT2D eigenvalue weighted by Crippen LogP contribution is 2.13. The average molecular weight is 321 g/mol. The van der Waals surface area contributed by atoms with Crippen LogP contribution in [-0.4, -0.2) is 35.2 Å². The largest absolute Gasteiger partial charge is 0.467 e. The first-order chi connectivity index (χ1) is 11.0. The summed E-state index contributed by atoms with van der Waals surface area (Å²) in [6.45, 7) is 1.66. The van der Waals surface area contributed by atoms with Crippen molar-refractivity contribution in [3.8, 4) is 12.0 Å². The Morgan fingerprint density at radius 2 is 1.83 bits per heavy atom. The summed E-state index contributed by atoms with van der Waals surface area (Å²) in [5, 5.41) is 5.06. The molecule has 2 amide bonds. The van der Waals surface area contributed by atoms with Crippen molar-refractivity contribution in [2.45, 2.75) is 13.5 Å². The molecule has 0 atom stereocenters. The summed E-state index contributed by atoms with van der Waals surface area (Å²) in [5.74, 6) is -0.131. The first-order valence-electron chi connectivity index (χ1n) is 6.65. The first-order valence-corrected chi connectivity index (χ1v) is 6.65. The van der Waals surface area contributed by atoms with Crippen molar-refractivity contribution in [1.82, 2.24) is 20.3 Å². The van der Waals surface area contributed by atoms with Crippen LogP contribution in [0.2, 0.25) is 0 Å². The molecule has 122 valence electrons. The molecule has 1 aromatic heterocycles. The number of nitrogens with zero attached hydrogens (tertiary/aromatic N) is 3. The predicted molar refractivity (Wildman–Crippen MR) is 79.9 cm³/mol. The Morgan fingerprint density at radius 3 is 2.39 bits per heavy atom. The number of carbonyl (C=O) groups excluding carboxylic acids is 1. The Kier molecular flexibility index (Phi) is 5.23. The van der Waals surface area contributed by atoms with E-state index in [0.717, 1.165) is 0 Å². The molecule has 1 aromatic carbocycles. The molecule has 2 rings (SSSR count). The lowest BCUT2D eigenvalue weighted by atomic mass is 10.2. The van der Waals surface area contributed by atoms with Gasteiger partial charge in [-0.25, -0.2) is 9.18 Å². The zero-order valence-corrected chi connectivity index (χ0v) is 12.9. The summed E-state index contributed by atoms with van der Waals surface area (Å²) in [4.78, 5) is 23.6. The monoisotopic (exact) mass is 321 g/mol. The van der Waals surface area contributed by atoms with Crippen LogP contribution in [0, 0.1) is 12.7 Å². The number of halogens is 1. The molecule has 0 spiro atoms. The lowest BCUT2D eigenvalue weighted by molar-refractivity contribution is 0.251. The van der Waals surface area contributed by atoms with E-state index < -0.39 is 11.8 Å². The van der Waals surface area contributed by atoms with Crippen LogP contribution in [0.25, 0.3) is 0 Å². The average Bonchev–Trinajstić information content (AvgIpc) is 2.56. The van der Waals surface area contributed by atoms with E-state index in [-0.39, 0.29) is 24.4 Å². The maximum Gasteiger partial charge on any atom is 0.322 e. The molecule has 0 radical (unpaired) electrons. The third-order valence-corrected chi connectivity index (χ3v) is 2.84. The minimum atomic E-state index is -0.522. The number of amides is 2. The number of hydrogen-bond acceptors (Lipinski definition) is 6. The van der Waals surface area contributed by atoms with Gasteiger partial charge in [0.15, 0.2) is 5.82 Å². The van der Waals surface area contributed by atoms with Gasteiger partial charge in [0, 0.05) is 5.69 Å². The fraction of sp³-hybridized carbons (Fsp3) is 0.286. The standard InChI is InChI=1S/C14H16FN5O3/c1-8-4-5-9(6-10(8)15)17-12(21)16-7-11-18-13(22-2)20-14(19-11)23-3/h4-6H,7H2,1-3H3,(H2,16,17,21). The number of anilines is 1. The first kappa shape index (κ1) is 16.4. The molecule has 0 aliphatic heterocycles. The number of rotatable bonds is 5. The second-order valence-electron chi connectivity index (χ2n) is 4.50. The normalized spacial score (nSPS) is 10.1. The molecule has 2 aromatic rings. The Morgan fingerprint density at radius 1 is 1.17 bits per heavy atom. The highest BCUT2D eigenvalue weighted by molar-refractivity contribution is 5.89. The van der Waals surface area contributed by atoms with E-state index >= 15 is 0 Å². The Bertz CT molecular complexity index is 689. The van der Waals surface area contributed by atoms with Crippen LogP contribution in [-0.2, 0) is 6.54 Å². The molecule has 0 aliphatic rings. The molecule has 9 heteroatoms. The van der Waals surface area contributed by atoms with Crippen LogP contribution < -0.4 is 20.1 Å². The molecule has 8 nitrogen and oxygen atoms in total. The maximum absolute atomic E-state index is 13.4. The molecule has 0 bridgehead atoms. The van der Waals surface area contributed by atoms with Crippen molar-refractivity contribution < 1.29 is 18.7 Å². The molecule has 0 saturated carbocycles. The van der Waals surface area contributed by atoms with Gasteiger partial charge >= 0.3 is 18.1 Å². The topological polar surface area (TPSA) is 98.3 Å². The van der Waals surface area contributed by atoms with Gasteiger partial charge in [0.1, 0.15) is 5.82 Å². The van der Waals surface area contributed by atoms with Crippen molar-refractivity contribution in [3.05, 3.63) is 35.4 Å². The molecule has 1 heterocycles. The Balaban J connectivity index is 1.97. The second-order valence-corrected chi connectivity index (χ2v) is 4.50. The smallest absolute Gasteiger partial charge is 0.322 e. The van der Waals surface area contributed by atoms with Crippen molar-refractivity contribution in [3.63, 3.8) is 0 Å². The van der Waals surface area contributed by atoms with Crippen LogP contribution in [0.15, 0.2) is 18.2 Å². The molecule has 0 aliphatic carbocycles. The van der Waals surface area contributed by atoms with E-state index in [9.17, 15) is 9.18 Å². The van der Waals surface area contributed by atoms with E-state index in [1.165, 1.54) is 20.3 Å². The van der Waals surface area contributed by atoms with Gasteiger partial charge in [-0.3, -0.25) is 0 Å². The number of urea groups is 1.